The first-order valence-electron chi connectivity index (χ1n) is 7.97. The van der Waals surface area contributed by atoms with Crippen LogP contribution in [0.15, 0.2) is 24.3 Å². The van der Waals surface area contributed by atoms with E-state index in [9.17, 15) is 0 Å². The van der Waals surface area contributed by atoms with Crippen LogP contribution in [0.4, 0.5) is 0 Å². The molecule has 0 radical (unpaired) electrons. The first-order chi connectivity index (χ1) is 9.22. The molecule has 0 aromatic heterocycles. The Morgan fingerprint density at radius 1 is 0.842 bits per heavy atom. The Bertz CT molecular complexity index is 260. The van der Waals surface area contributed by atoms with E-state index in [2.05, 4.69) is 54.9 Å². The number of rotatable bonds is 8. The zero-order valence-electron chi connectivity index (χ0n) is 13.1. The summed E-state index contributed by atoms with van der Waals surface area (Å²) in [6.07, 6.45) is 13.0. The fraction of sp³-hybridized carbons (Fsp3) is 0.765. The van der Waals surface area contributed by atoms with Crippen LogP contribution >= 0.6 is 0 Å². The Hall–Kier alpha value is -0.600. The SMILES string of the molecule is CCC/C=C/CN1CCN(C/C=C/CC(C)C)CC1. The van der Waals surface area contributed by atoms with Crippen LogP contribution in [-0.2, 0) is 0 Å². The fourth-order valence-corrected chi connectivity index (χ4v) is 2.25. The topological polar surface area (TPSA) is 6.48 Å². The lowest BCUT2D eigenvalue weighted by molar-refractivity contribution is 0.153. The molecule has 2 heteroatoms. The molecule has 0 aliphatic carbocycles. The summed E-state index contributed by atoms with van der Waals surface area (Å²) in [7, 11) is 0. The highest BCUT2D eigenvalue weighted by Crippen LogP contribution is 2.04. The van der Waals surface area contributed by atoms with Gasteiger partial charge in [-0.2, -0.15) is 0 Å². The summed E-state index contributed by atoms with van der Waals surface area (Å²) in [6, 6.07) is 0. The summed E-state index contributed by atoms with van der Waals surface area (Å²) in [5.41, 5.74) is 0. The van der Waals surface area contributed by atoms with Crippen molar-refractivity contribution in [2.24, 2.45) is 5.92 Å². The van der Waals surface area contributed by atoms with Crippen molar-refractivity contribution >= 4 is 0 Å². The van der Waals surface area contributed by atoms with Crippen molar-refractivity contribution in [1.82, 2.24) is 9.80 Å². The number of allylic oxidation sites excluding steroid dienone is 2. The molecule has 0 aromatic rings. The van der Waals surface area contributed by atoms with Gasteiger partial charge in [0.15, 0.2) is 0 Å². The molecule has 0 N–H and O–H groups in total. The lowest BCUT2D eigenvalue weighted by Crippen LogP contribution is -2.46. The monoisotopic (exact) mass is 264 g/mol. The zero-order chi connectivity index (χ0) is 13.9. The van der Waals surface area contributed by atoms with Gasteiger partial charge >= 0.3 is 0 Å². The Morgan fingerprint density at radius 3 is 1.84 bits per heavy atom. The molecule has 1 heterocycles. The number of hydrogen-bond acceptors (Lipinski definition) is 2. The van der Waals surface area contributed by atoms with Crippen molar-refractivity contribution in [2.75, 3.05) is 39.3 Å². The minimum absolute atomic E-state index is 0.781. The van der Waals surface area contributed by atoms with Gasteiger partial charge in [-0.25, -0.2) is 0 Å². The largest absolute Gasteiger partial charge is 0.297 e. The highest BCUT2D eigenvalue weighted by molar-refractivity contribution is 4.89. The third-order valence-corrected chi connectivity index (χ3v) is 3.59. The lowest BCUT2D eigenvalue weighted by Gasteiger charge is -2.33. The van der Waals surface area contributed by atoms with Crippen LogP contribution in [0.2, 0.25) is 0 Å². The van der Waals surface area contributed by atoms with E-state index in [4.69, 9.17) is 0 Å². The van der Waals surface area contributed by atoms with Crippen molar-refractivity contribution in [3.8, 4) is 0 Å². The summed E-state index contributed by atoms with van der Waals surface area (Å²) < 4.78 is 0. The molecule has 0 saturated carbocycles. The molecule has 19 heavy (non-hydrogen) atoms. The lowest BCUT2D eigenvalue weighted by atomic mass is 10.1. The second-order valence-corrected chi connectivity index (χ2v) is 5.96. The van der Waals surface area contributed by atoms with E-state index in [0.29, 0.717) is 0 Å². The quantitative estimate of drug-likeness (QED) is 0.619. The van der Waals surface area contributed by atoms with Crippen LogP contribution in [0.25, 0.3) is 0 Å². The van der Waals surface area contributed by atoms with Crippen molar-refractivity contribution in [3.63, 3.8) is 0 Å². The molecule has 0 aromatic carbocycles. The Balaban J connectivity index is 2.09. The van der Waals surface area contributed by atoms with E-state index >= 15 is 0 Å². The molecule has 110 valence electrons. The molecule has 2 nitrogen and oxygen atoms in total. The van der Waals surface area contributed by atoms with Gasteiger partial charge in [-0.15, -0.1) is 0 Å². The summed E-state index contributed by atoms with van der Waals surface area (Å²) in [5.74, 6) is 0.781. The van der Waals surface area contributed by atoms with Crippen LogP contribution in [-0.4, -0.2) is 49.1 Å². The predicted octanol–water partition coefficient (Wildman–Crippen LogP) is 3.56. The molecule has 0 unspecified atom stereocenters. The van der Waals surface area contributed by atoms with Gasteiger partial charge in [0, 0.05) is 39.3 Å². The smallest absolute Gasteiger partial charge is 0.0164 e. The minimum atomic E-state index is 0.781. The average Bonchev–Trinajstić information content (AvgIpc) is 2.41. The van der Waals surface area contributed by atoms with Crippen molar-refractivity contribution < 1.29 is 0 Å². The molecule has 1 saturated heterocycles. The molecule has 1 aliphatic rings. The van der Waals surface area contributed by atoms with E-state index in [-0.39, 0.29) is 0 Å². The van der Waals surface area contributed by atoms with Crippen molar-refractivity contribution in [1.29, 1.82) is 0 Å². The number of hydrogen-bond donors (Lipinski definition) is 0. The average molecular weight is 264 g/mol. The van der Waals surface area contributed by atoms with Crippen LogP contribution in [0.1, 0.15) is 40.0 Å². The van der Waals surface area contributed by atoms with Gasteiger partial charge in [-0.1, -0.05) is 51.5 Å². The molecule has 1 rings (SSSR count). The maximum Gasteiger partial charge on any atom is 0.0164 e. The van der Waals surface area contributed by atoms with Crippen LogP contribution in [0.3, 0.4) is 0 Å². The van der Waals surface area contributed by atoms with Crippen molar-refractivity contribution in [3.05, 3.63) is 24.3 Å². The summed E-state index contributed by atoms with van der Waals surface area (Å²) >= 11 is 0. The fourth-order valence-electron chi connectivity index (χ4n) is 2.25. The highest BCUT2D eigenvalue weighted by Gasteiger charge is 2.14. The normalized spacial score (nSPS) is 19.2. The van der Waals surface area contributed by atoms with Gasteiger partial charge in [-0.3, -0.25) is 9.80 Å². The zero-order valence-corrected chi connectivity index (χ0v) is 13.1. The third kappa shape index (κ3) is 8.22. The van der Waals surface area contributed by atoms with Gasteiger partial charge in [-0.05, 0) is 18.8 Å². The van der Waals surface area contributed by atoms with Crippen LogP contribution in [0.5, 0.6) is 0 Å². The van der Waals surface area contributed by atoms with Crippen LogP contribution in [0, 0.1) is 5.92 Å². The summed E-state index contributed by atoms with van der Waals surface area (Å²) in [5, 5.41) is 0. The second kappa shape index (κ2) is 10.2. The minimum Gasteiger partial charge on any atom is -0.297 e. The standard InChI is InChI=1S/C17H32N2/c1-4-5-6-8-11-18-13-15-19(16-14-18)12-9-7-10-17(2)3/h6-9,17H,4-5,10-16H2,1-3H3/b8-6+,9-7+. The van der Waals surface area contributed by atoms with Gasteiger partial charge in [0.05, 0.1) is 0 Å². The predicted molar refractivity (Wildman–Crippen MR) is 85.5 cm³/mol. The maximum absolute atomic E-state index is 2.56. The molecule has 0 spiro atoms. The van der Waals surface area contributed by atoms with E-state index in [0.717, 1.165) is 19.0 Å². The van der Waals surface area contributed by atoms with Gasteiger partial charge in [0.2, 0.25) is 0 Å². The first kappa shape index (κ1) is 16.5. The number of nitrogens with zero attached hydrogens (tertiary/aromatic N) is 2. The van der Waals surface area contributed by atoms with E-state index in [1.807, 2.05) is 0 Å². The van der Waals surface area contributed by atoms with Crippen molar-refractivity contribution in [2.45, 2.75) is 40.0 Å². The van der Waals surface area contributed by atoms with Gasteiger partial charge in [0.1, 0.15) is 0 Å². The summed E-state index contributed by atoms with van der Waals surface area (Å²) in [4.78, 5) is 5.11. The first-order valence-corrected chi connectivity index (χ1v) is 7.97. The Labute approximate surface area is 120 Å². The van der Waals surface area contributed by atoms with Gasteiger partial charge < -0.3 is 0 Å². The second-order valence-electron chi connectivity index (χ2n) is 5.96. The Kier molecular flexibility index (Phi) is 8.85. The maximum atomic E-state index is 2.56. The molecule has 0 amide bonds. The highest BCUT2D eigenvalue weighted by atomic mass is 15.3. The van der Waals surface area contributed by atoms with E-state index in [1.165, 1.54) is 45.4 Å². The van der Waals surface area contributed by atoms with E-state index < -0.39 is 0 Å². The molecule has 0 bridgehead atoms. The number of piperazine rings is 1. The third-order valence-electron chi connectivity index (χ3n) is 3.59. The van der Waals surface area contributed by atoms with Crippen LogP contribution < -0.4 is 0 Å². The molecule has 1 fully saturated rings. The van der Waals surface area contributed by atoms with Gasteiger partial charge in [0.25, 0.3) is 0 Å². The Morgan fingerprint density at radius 2 is 1.37 bits per heavy atom. The molecule has 1 aliphatic heterocycles. The molecule has 0 atom stereocenters. The molecular weight excluding hydrogens is 232 g/mol. The number of unbranched alkanes of at least 4 members (excludes halogenated alkanes) is 1. The van der Waals surface area contributed by atoms with E-state index in [1.54, 1.807) is 0 Å². The molecular formula is C17H32N2. The summed E-state index contributed by atoms with van der Waals surface area (Å²) in [6.45, 7) is 13.9.